The molecule has 0 amide bonds. The molecule has 0 aliphatic heterocycles. The fraction of sp³-hybridized carbons (Fsp3) is 0.125. The van der Waals surface area contributed by atoms with Crippen molar-refractivity contribution in [1.29, 1.82) is 0 Å². The van der Waals surface area contributed by atoms with E-state index in [2.05, 4.69) is 4.74 Å². The van der Waals surface area contributed by atoms with Gasteiger partial charge in [-0.25, -0.2) is 0 Å². The van der Waals surface area contributed by atoms with E-state index < -0.39 is 6.36 Å². The summed E-state index contributed by atoms with van der Waals surface area (Å²) in [7, 11) is 0. The number of hydrogen-bond donors (Lipinski definition) is 1. The molecule has 2 N–H and O–H groups in total. The molecule has 0 aliphatic carbocycles. The number of fused-ring (bicyclic) bond motifs is 1. The van der Waals surface area contributed by atoms with Gasteiger partial charge in [0, 0.05) is 22.5 Å². The average Bonchev–Trinajstić information content (AvgIpc) is 2.77. The maximum absolute atomic E-state index is 12.5. The second-order valence-electron chi connectivity index (χ2n) is 5.15. The molecule has 0 radical (unpaired) electrons. The monoisotopic (exact) mass is 374 g/mol. The summed E-state index contributed by atoms with van der Waals surface area (Å²) in [6.07, 6.45) is -3.05. The number of hydrogen-bond acceptors (Lipinski definition) is 2. The minimum absolute atomic E-state index is 0.113. The molecule has 1 aromatic heterocycles. The lowest BCUT2D eigenvalue weighted by molar-refractivity contribution is -0.274. The van der Waals surface area contributed by atoms with Crippen LogP contribution in [0.4, 0.5) is 19.0 Å². The third-order valence-electron chi connectivity index (χ3n) is 3.51. The van der Waals surface area contributed by atoms with Gasteiger partial charge in [-0.15, -0.1) is 13.2 Å². The van der Waals surface area contributed by atoms with E-state index in [9.17, 15) is 13.2 Å². The van der Waals surface area contributed by atoms with Gasteiger partial charge in [-0.05, 0) is 18.2 Å². The maximum Gasteiger partial charge on any atom is 0.573 e. The largest absolute Gasteiger partial charge is 0.573 e. The molecular weight excluding hydrogens is 364 g/mol. The highest BCUT2D eigenvalue weighted by Gasteiger charge is 2.32. The van der Waals surface area contributed by atoms with Crippen molar-refractivity contribution in [2.75, 3.05) is 5.73 Å². The van der Waals surface area contributed by atoms with Gasteiger partial charge < -0.3 is 15.0 Å². The minimum Gasteiger partial charge on any atom is -0.405 e. The number of halogens is 5. The molecule has 0 aliphatic rings. The quantitative estimate of drug-likeness (QED) is 0.659. The van der Waals surface area contributed by atoms with Gasteiger partial charge in [-0.1, -0.05) is 41.4 Å². The van der Waals surface area contributed by atoms with Crippen LogP contribution < -0.4 is 10.5 Å². The molecule has 0 atom stereocenters. The van der Waals surface area contributed by atoms with Gasteiger partial charge in [0.15, 0.2) is 0 Å². The topological polar surface area (TPSA) is 40.2 Å². The van der Waals surface area contributed by atoms with Gasteiger partial charge >= 0.3 is 6.36 Å². The Kier molecular flexibility index (Phi) is 4.27. The summed E-state index contributed by atoms with van der Waals surface area (Å²) in [6.45, 7) is 0.113. The Labute approximate surface area is 145 Å². The predicted molar refractivity (Wildman–Crippen MR) is 88.6 cm³/mol. The highest BCUT2D eigenvalue weighted by atomic mass is 35.5. The van der Waals surface area contributed by atoms with Crippen LogP contribution in [-0.2, 0) is 6.54 Å². The molecular formula is C16H11Cl2F3N2O. The first-order valence-electron chi connectivity index (χ1n) is 6.81. The van der Waals surface area contributed by atoms with E-state index in [4.69, 9.17) is 28.9 Å². The Balaban J connectivity index is 2.00. The molecule has 0 bridgehead atoms. The molecule has 0 saturated carbocycles. The fourth-order valence-corrected chi connectivity index (χ4v) is 2.79. The molecule has 0 saturated heterocycles. The van der Waals surface area contributed by atoms with Gasteiger partial charge in [0.2, 0.25) is 0 Å². The van der Waals surface area contributed by atoms with Crippen LogP contribution in [0.15, 0.2) is 42.6 Å². The third-order valence-corrected chi connectivity index (χ3v) is 4.23. The first-order valence-corrected chi connectivity index (χ1v) is 7.57. The van der Waals surface area contributed by atoms with Crippen molar-refractivity contribution >= 4 is 39.8 Å². The van der Waals surface area contributed by atoms with Crippen molar-refractivity contribution in [2.45, 2.75) is 12.9 Å². The van der Waals surface area contributed by atoms with Crippen molar-refractivity contribution in [3.05, 3.63) is 58.2 Å². The van der Waals surface area contributed by atoms with Crippen molar-refractivity contribution in [3.63, 3.8) is 0 Å². The van der Waals surface area contributed by atoms with Crippen LogP contribution in [0.5, 0.6) is 5.75 Å². The van der Waals surface area contributed by atoms with Crippen LogP contribution in [0.2, 0.25) is 10.0 Å². The van der Waals surface area contributed by atoms with Crippen molar-refractivity contribution in [3.8, 4) is 5.75 Å². The van der Waals surface area contributed by atoms with E-state index in [0.29, 0.717) is 26.8 Å². The number of rotatable bonds is 3. The number of nitrogens with two attached hydrogens (primary N) is 1. The number of aromatic nitrogens is 1. The SMILES string of the molecule is Nc1c2cc(Cl)c(Cl)cc2cn1Cc1ccccc1OC(F)(F)F. The Morgan fingerprint density at radius 1 is 1.08 bits per heavy atom. The summed E-state index contributed by atoms with van der Waals surface area (Å²) in [4.78, 5) is 0. The van der Waals surface area contributed by atoms with Gasteiger partial charge in [0.25, 0.3) is 0 Å². The molecule has 1 heterocycles. The molecule has 2 aromatic carbocycles. The fourth-order valence-electron chi connectivity index (χ4n) is 2.46. The maximum atomic E-state index is 12.5. The van der Waals surface area contributed by atoms with Crippen LogP contribution in [0.1, 0.15) is 5.56 Å². The summed E-state index contributed by atoms with van der Waals surface area (Å²) < 4.78 is 43.2. The lowest BCUT2D eigenvalue weighted by atomic mass is 10.2. The first-order chi connectivity index (χ1) is 11.2. The lowest BCUT2D eigenvalue weighted by Gasteiger charge is -2.14. The summed E-state index contributed by atoms with van der Waals surface area (Å²) in [6, 6.07) is 9.19. The second kappa shape index (κ2) is 6.11. The lowest BCUT2D eigenvalue weighted by Crippen LogP contribution is -2.18. The summed E-state index contributed by atoms with van der Waals surface area (Å²) in [5.41, 5.74) is 6.43. The standard InChI is InChI=1S/C16H11Cl2F3N2O/c17-12-5-10-8-23(15(22)11(10)6-13(12)18)7-9-3-1-2-4-14(9)24-16(19,20)21/h1-6,8H,7,22H2. The van der Waals surface area contributed by atoms with Crippen LogP contribution >= 0.6 is 23.2 Å². The second-order valence-corrected chi connectivity index (χ2v) is 5.97. The normalized spacial score (nSPS) is 11.9. The van der Waals surface area contributed by atoms with Crippen LogP contribution in [0, 0.1) is 0 Å². The molecule has 0 unspecified atom stereocenters. The number of nitrogen functional groups attached to an aromatic ring is 1. The molecule has 126 valence electrons. The summed E-state index contributed by atoms with van der Waals surface area (Å²) in [5, 5.41) is 2.16. The number of nitrogens with zero attached hydrogens (tertiary/aromatic N) is 1. The Morgan fingerprint density at radius 2 is 1.75 bits per heavy atom. The number of para-hydroxylation sites is 1. The van der Waals surface area contributed by atoms with Crippen LogP contribution in [-0.4, -0.2) is 10.9 Å². The van der Waals surface area contributed by atoms with Crippen molar-refractivity contribution in [1.82, 2.24) is 4.57 Å². The van der Waals surface area contributed by atoms with Gasteiger partial charge in [0.1, 0.15) is 11.6 Å². The van der Waals surface area contributed by atoms with Crippen LogP contribution in [0.3, 0.4) is 0 Å². The predicted octanol–water partition coefficient (Wildman–Crippen LogP) is 5.48. The van der Waals surface area contributed by atoms with Gasteiger partial charge in [0.05, 0.1) is 16.6 Å². The Morgan fingerprint density at radius 3 is 2.46 bits per heavy atom. The first kappa shape index (κ1) is 16.8. The molecule has 8 heteroatoms. The molecule has 0 fully saturated rings. The Bertz CT molecular complexity index is 906. The van der Waals surface area contributed by atoms with Crippen LogP contribution in [0.25, 0.3) is 10.8 Å². The zero-order chi connectivity index (χ0) is 17.5. The van der Waals surface area contributed by atoms with E-state index in [0.717, 1.165) is 5.39 Å². The van der Waals surface area contributed by atoms with E-state index in [1.54, 1.807) is 35.0 Å². The highest BCUT2D eigenvalue weighted by molar-refractivity contribution is 6.43. The van der Waals surface area contributed by atoms with E-state index in [1.165, 1.54) is 12.1 Å². The number of ether oxygens (including phenoxy) is 1. The number of benzene rings is 2. The smallest absolute Gasteiger partial charge is 0.405 e. The molecule has 3 nitrogen and oxygen atoms in total. The van der Waals surface area contributed by atoms with E-state index >= 15 is 0 Å². The zero-order valence-electron chi connectivity index (χ0n) is 12.1. The molecule has 0 spiro atoms. The van der Waals surface area contributed by atoms with Crippen molar-refractivity contribution < 1.29 is 17.9 Å². The third kappa shape index (κ3) is 3.39. The molecule has 3 rings (SSSR count). The summed E-state index contributed by atoms with van der Waals surface area (Å²) in [5.74, 6) is 0.114. The zero-order valence-corrected chi connectivity index (χ0v) is 13.6. The van der Waals surface area contributed by atoms with Crippen molar-refractivity contribution in [2.24, 2.45) is 0 Å². The summed E-state index contributed by atoms with van der Waals surface area (Å²) >= 11 is 12.0. The van der Waals surface area contributed by atoms with E-state index in [1.807, 2.05) is 0 Å². The Hall–Kier alpha value is -2.05. The molecule has 24 heavy (non-hydrogen) atoms. The van der Waals surface area contributed by atoms with E-state index in [-0.39, 0.29) is 12.3 Å². The highest BCUT2D eigenvalue weighted by Crippen LogP contribution is 2.33. The van der Waals surface area contributed by atoms with Gasteiger partial charge in [-0.3, -0.25) is 0 Å². The number of alkyl halides is 3. The minimum atomic E-state index is -4.76. The molecule has 3 aromatic rings. The number of anilines is 1. The average molecular weight is 375 g/mol. The van der Waals surface area contributed by atoms with Gasteiger partial charge in [-0.2, -0.15) is 0 Å².